The average molecular weight is 260 g/mol. The molecule has 0 unspecified atom stereocenters. The molecule has 0 saturated heterocycles. The SMILES string of the molecule is CCCOCC(=O)Nc1cc(-c2cccnc2)[nH]n1. The molecule has 100 valence electrons. The van der Waals surface area contributed by atoms with Crippen LogP contribution in [0.5, 0.6) is 0 Å². The van der Waals surface area contributed by atoms with Crippen molar-refractivity contribution in [1.82, 2.24) is 15.2 Å². The lowest BCUT2D eigenvalue weighted by atomic mass is 10.2. The van der Waals surface area contributed by atoms with Crippen molar-refractivity contribution in [2.45, 2.75) is 13.3 Å². The maximum absolute atomic E-state index is 11.5. The second-order valence-corrected chi connectivity index (χ2v) is 4.01. The Bertz CT molecular complexity index is 524. The summed E-state index contributed by atoms with van der Waals surface area (Å²) in [6.45, 7) is 2.61. The zero-order chi connectivity index (χ0) is 13.5. The van der Waals surface area contributed by atoms with Crippen LogP contribution in [0, 0.1) is 0 Å². The van der Waals surface area contributed by atoms with Crippen molar-refractivity contribution in [2.75, 3.05) is 18.5 Å². The van der Waals surface area contributed by atoms with Crippen molar-refractivity contribution in [3.05, 3.63) is 30.6 Å². The summed E-state index contributed by atoms with van der Waals surface area (Å²) in [5, 5.41) is 9.53. The third kappa shape index (κ3) is 3.89. The highest BCUT2D eigenvalue weighted by Crippen LogP contribution is 2.17. The normalized spacial score (nSPS) is 10.4. The van der Waals surface area contributed by atoms with E-state index in [-0.39, 0.29) is 12.5 Å². The highest BCUT2D eigenvalue weighted by atomic mass is 16.5. The predicted molar refractivity (Wildman–Crippen MR) is 71.6 cm³/mol. The fourth-order valence-corrected chi connectivity index (χ4v) is 1.54. The van der Waals surface area contributed by atoms with E-state index in [1.165, 1.54) is 0 Å². The molecule has 2 aromatic rings. The molecular formula is C13H16N4O2. The van der Waals surface area contributed by atoms with Crippen molar-refractivity contribution in [3.8, 4) is 11.3 Å². The third-order valence-corrected chi connectivity index (χ3v) is 2.40. The smallest absolute Gasteiger partial charge is 0.251 e. The van der Waals surface area contributed by atoms with Crippen LogP contribution >= 0.6 is 0 Å². The number of nitrogens with one attached hydrogen (secondary N) is 2. The van der Waals surface area contributed by atoms with Gasteiger partial charge in [-0.3, -0.25) is 14.9 Å². The average Bonchev–Trinajstić information content (AvgIpc) is 2.88. The largest absolute Gasteiger partial charge is 0.372 e. The summed E-state index contributed by atoms with van der Waals surface area (Å²) in [5.41, 5.74) is 1.72. The number of anilines is 1. The zero-order valence-electron chi connectivity index (χ0n) is 10.7. The molecule has 6 heteroatoms. The minimum Gasteiger partial charge on any atom is -0.372 e. The summed E-state index contributed by atoms with van der Waals surface area (Å²) in [5.74, 6) is 0.265. The molecule has 1 amide bonds. The molecular weight excluding hydrogens is 244 g/mol. The van der Waals surface area contributed by atoms with Gasteiger partial charge in [0.25, 0.3) is 5.91 Å². The molecule has 0 aliphatic carbocycles. The Morgan fingerprint density at radius 1 is 1.53 bits per heavy atom. The number of hydrogen-bond donors (Lipinski definition) is 2. The van der Waals surface area contributed by atoms with Crippen LogP contribution < -0.4 is 5.32 Å². The minimum atomic E-state index is -0.210. The van der Waals surface area contributed by atoms with Crippen LogP contribution in [-0.2, 0) is 9.53 Å². The molecule has 0 radical (unpaired) electrons. The van der Waals surface area contributed by atoms with Gasteiger partial charge in [0.2, 0.25) is 0 Å². The molecule has 0 aliphatic rings. The van der Waals surface area contributed by atoms with Gasteiger partial charge in [0, 0.05) is 30.6 Å². The highest BCUT2D eigenvalue weighted by molar-refractivity contribution is 5.91. The molecule has 2 N–H and O–H groups in total. The Labute approximate surface area is 111 Å². The topological polar surface area (TPSA) is 79.9 Å². The minimum absolute atomic E-state index is 0.0446. The molecule has 2 heterocycles. The number of aromatic amines is 1. The summed E-state index contributed by atoms with van der Waals surface area (Å²) in [6, 6.07) is 5.51. The maximum atomic E-state index is 11.5. The first kappa shape index (κ1) is 13.2. The molecule has 0 saturated carbocycles. The molecule has 0 fully saturated rings. The number of H-pyrrole nitrogens is 1. The predicted octanol–water partition coefficient (Wildman–Crippen LogP) is 1.84. The van der Waals surface area contributed by atoms with Crippen LogP contribution in [-0.4, -0.2) is 34.3 Å². The fraction of sp³-hybridized carbons (Fsp3) is 0.308. The van der Waals surface area contributed by atoms with Crippen LogP contribution in [0.15, 0.2) is 30.6 Å². The number of nitrogens with zero attached hydrogens (tertiary/aromatic N) is 2. The molecule has 0 aliphatic heterocycles. The number of aromatic nitrogens is 3. The second-order valence-electron chi connectivity index (χ2n) is 4.01. The Balaban J connectivity index is 1.93. The second kappa shape index (κ2) is 6.65. The molecule has 0 spiro atoms. The van der Waals surface area contributed by atoms with E-state index in [4.69, 9.17) is 4.74 Å². The van der Waals surface area contributed by atoms with Crippen molar-refractivity contribution in [2.24, 2.45) is 0 Å². The number of carbonyl (C=O) groups excluding carboxylic acids is 1. The van der Waals surface area contributed by atoms with Crippen molar-refractivity contribution in [3.63, 3.8) is 0 Å². The van der Waals surface area contributed by atoms with E-state index in [2.05, 4.69) is 20.5 Å². The van der Waals surface area contributed by atoms with E-state index in [0.29, 0.717) is 12.4 Å². The molecule has 6 nitrogen and oxygen atoms in total. The standard InChI is InChI=1S/C13H16N4O2/c1-2-6-19-9-13(18)15-12-7-11(16-17-12)10-4-3-5-14-8-10/h3-5,7-8H,2,6,9H2,1H3,(H2,15,16,17,18). The number of pyridine rings is 1. The van der Waals surface area contributed by atoms with Gasteiger partial charge in [0.15, 0.2) is 5.82 Å². The molecule has 2 rings (SSSR count). The van der Waals surface area contributed by atoms with Crippen molar-refractivity contribution < 1.29 is 9.53 Å². The van der Waals surface area contributed by atoms with Crippen molar-refractivity contribution >= 4 is 11.7 Å². The summed E-state index contributed by atoms with van der Waals surface area (Å²) in [4.78, 5) is 15.6. The van der Waals surface area contributed by atoms with Gasteiger partial charge >= 0.3 is 0 Å². The maximum Gasteiger partial charge on any atom is 0.251 e. The lowest BCUT2D eigenvalue weighted by molar-refractivity contribution is -0.120. The Hall–Kier alpha value is -2.21. The lowest BCUT2D eigenvalue weighted by Gasteiger charge is -2.01. The summed E-state index contributed by atoms with van der Waals surface area (Å²) < 4.78 is 5.15. The number of rotatable bonds is 6. The number of amides is 1. The van der Waals surface area contributed by atoms with Gasteiger partial charge in [-0.15, -0.1) is 0 Å². The van der Waals surface area contributed by atoms with Crippen LogP contribution in [0.2, 0.25) is 0 Å². The van der Waals surface area contributed by atoms with Gasteiger partial charge in [-0.25, -0.2) is 0 Å². The number of carbonyl (C=O) groups is 1. The van der Waals surface area contributed by atoms with E-state index in [1.54, 1.807) is 18.5 Å². The third-order valence-electron chi connectivity index (χ3n) is 2.40. The van der Waals surface area contributed by atoms with Crippen LogP contribution in [0.3, 0.4) is 0 Å². The molecule has 0 aromatic carbocycles. The van der Waals surface area contributed by atoms with Crippen LogP contribution in [0.1, 0.15) is 13.3 Å². The first-order valence-electron chi connectivity index (χ1n) is 6.13. The highest BCUT2D eigenvalue weighted by Gasteiger charge is 2.07. The first-order valence-corrected chi connectivity index (χ1v) is 6.13. The van der Waals surface area contributed by atoms with Crippen LogP contribution in [0.25, 0.3) is 11.3 Å². The zero-order valence-corrected chi connectivity index (χ0v) is 10.7. The van der Waals surface area contributed by atoms with Gasteiger partial charge in [0.05, 0.1) is 5.69 Å². The van der Waals surface area contributed by atoms with Gasteiger partial charge < -0.3 is 10.1 Å². The summed E-state index contributed by atoms with van der Waals surface area (Å²) in [7, 11) is 0. The molecule has 2 aromatic heterocycles. The monoisotopic (exact) mass is 260 g/mol. The van der Waals surface area contributed by atoms with E-state index in [1.807, 2.05) is 19.1 Å². The lowest BCUT2D eigenvalue weighted by Crippen LogP contribution is -2.18. The van der Waals surface area contributed by atoms with Crippen LogP contribution in [0.4, 0.5) is 5.82 Å². The van der Waals surface area contributed by atoms with Gasteiger partial charge in [-0.2, -0.15) is 5.10 Å². The van der Waals surface area contributed by atoms with Crippen molar-refractivity contribution in [1.29, 1.82) is 0 Å². The summed E-state index contributed by atoms with van der Waals surface area (Å²) >= 11 is 0. The van der Waals surface area contributed by atoms with E-state index in [9.17, 15) is 4.79 Å². The van der Waals surface area contributed by atoms with Gasteiger partial charge in [-0.1, -0.05) is 6.92 Å². The fourth-order valence-electron chi connectivity index (χ4n) is 1.54. The van der Waals surface area contributed by atoms with E-state index >= 15 is 0 Å². The molecule has 0 bridgehead atoms. The Kier molecular flexibility index (Phi) is 4.63. The quantitative estimate of drug-likeness (QED) is 0.777. The number of hydrogen-bond acceptors (Lipinski definition) is 4. The van der Waals surface area contributed by atoms with Gasteiger partial charge in [-0.05, 0) is 18.6 Å². The molecule has 19 heavy (non-hydrogen) atoms. The van der Waals surface area contributed by atoms with E-state index in [0.717, 1.165) is 17.7 Å². The van der Waals surface area contributed by atoms with E-state index < -0.39 is 0 Å². The first-order chi connectivity index (χ1) is 9.29. The Morgan fingerprint density at radius 2 is 2.42 bits per heavy atom. The summed E-state index contributed by atoms with van der Waals surface area (Å²) in [6.07, 6.45) is 4.32. The number of ether oxygens (including phenoxy) is 1. The Morgan fingerprint density at radius 3 is 3.16 bits per heavy atom. The van der Waals surface area contributed by atoms with Gasteiger partial charge in [0.1, 0.15) is 6.61 Å². The molecule has 0 atom stereocenters.